The van der Waals surface area contributed by atoms with Crippen LogP contribution < -0.4 is 11.3 Å². The molecule has 14 heavy (non-hydrogen) atoms. The highest BCUT2D eigenvalue weighted by molar-refractivity contribution is 9.10. The van der Waals surface area contributed by atoms with Crippen LogP contribution in [0.25, 0.3) is 0 Å². The van der Waals surface area contributed by atoms with Gasteiger partial charge in [-0.3, -0.25) is 9.59 Å². The topological polar surface area (TPSA) is 85.3 Å². The Morgan fingerprint density at radius 1 is 1.64 bits per heavy atom. The Kier molecular flexibility index (Phi) is 3.43. The first kappa shape index (κ1) is 10.9. The minimum Gasteiger partial charge on any atom is -0.480 e. The summed E-state index contributed by atoms with van der Waals surface area (Å²) in [5, 5.41) is 8.55. The van der Waals surface area contributed by atoms with Crippen molar-refractivity contribution in [3.63, 3.8) is 0 Å². The number of pyridine rings is 1. The molecule has 1 atom stereocenters. The molecule has 5 nitrogen and oxygen atoms in total. The average Bonchev–Trinajstić information content (AvgIpc) is 2.11. The van der Waals surface area contributed by atoms with E-state index < -0.39 is 12.0 Å². The summed E-state index contributed by atoms with van der Waals surface area (Å²) >= 11 is 3.18. The average molecular weight is 261 g/mol. The third-order valence-corrected chi connectivity index (χ3v) is 2.13. The number of carboxylic acids is 1. The van der Waals surface area contributed by atoms with Crippen molar-refractivity contribution in [2.45, 2.75) is 12.6 Å². The number of hydrogen-bond acceptors (Lipinski definition) is 3. The Morgan fingerprint density at radius 2 is 2.29 bits per heavy atom. The van der Waals surface area contributed by atoms with Gasteiger partial charge in [-0.15, -0.1) is 0 Å². The number of carboxylic acid groups (broad SMARTS) is 1. The quantitative estimate of drug-likeness (QED) is 0.803. The van der Waals surface area contributed by atoms with E-state index in [0.29, 0.717) is 4.47 Å². The third kappa shape index (κ3) is 2.68. The normalized spacial score (nSPS) is 12.4. The van der Waals surface area contributed by atoms with Gasteiger partial charge in [-0.05, 0) is 22.0 Å². The van der Waals surface area contributed by atoms with Gasteiger partial charge in [0, 0.05) is 16.7 Å². The van der Waals surface area contributed by atoms with E-state index in [-0.39, 0.29) is 12.1 Å². The van der Waals surface area contributed by atoms with Gasteiger partial charge in [-0.1, -0.05) is 0 Å². The van der Waals surface area contributed by atoms with Crippen molar-refractivity contribution in [2.24, 2.45) is 5.73 Å². The monoisotopic (exact) mass is 260 g/mol. The van der Waals surface area contributed by atoms with Gasteiger partial charge in [0.1, 0.15) is 6.04 Å². The molecule has 0 amide bonds. The summed E-state index contributed by atoms with van der Waals surface area (Å²) in [7, 11) is 0. The Morgan fingerprint density at radius 3 is 2.86 bits per heavy atom. The first-order valence-corrected chi connectivity index (χ1v) is 4.64. The van der Waals surface area contributed by atoms with Gasteiger partial charge in [-0.25, -0.2) is 0 Å². The minimum atomic E-state index is -1.13. The lowest BCUT2D eigenvalue weighted by molar-refractivity contribution is -0.138. The minimum absolute atomic E-state index is 0.0341. The van der Waals surface area contributed by atoms with Crippen LogP contribution in [0.5, 0.6) is 0 Å². The molecule has 0 fully saturated rings. The van der Waals surface area contributed by atoms with Crippen molar-refractivity contribution < 1.29 is 9.90 Å². The fourth-order valence-corrected chi connectivity index (χ4v) is 1.31. The molecule has 1 heterocycles. The van der Waals surface area contributed by atoms with Gasteiger partial charge in [0.2, 0.25) is 0 Å². The van der Waals surface area contributed by atoms with Crippen LogP contribution in [0.15, 0.2) is 27.6 Å². The fourth-order valence-electron chi connectivity index (χ4n) is 0.935. The second-order valence-corrected chi connectivity index (χ2v) is 3.70. The molecule has 0 saturated carbocycles. The van der Waals surface area contributed by atoms with E-state index in [2.05, 4.69) is 15.9 Å². The van der Waals surface area contributed by atoms with Crippen LogP contribution in [0.3, 0.4) is 0 Å². The molecule has 0 bridgehead atoms. The van der Waals surface area contributed by atoms with E-state index >= 15 is 0 Å². The van der Waals surface area contributed by atoms with Crippen molar-refractivity contribution in [2.75, 3.05) is 0 Å². The van der Waals surface area contributed by atoms with Crippen molar-refractivity contribution in [3.8, 4) is 0 Å². The highest BCUT2D eigenvalue weighted by Crippen LogP contribution is 2.04. The van der Waals surface area contributed by atoms with Crippen LogP contribution in [0.1, 0.15) is 0 Å². The molecule has 0 aliphatic heterocycles. The maximum Gasteiger partial charge on any atom is 0.322 e. The van der Waals surface area contributed by atoms with Crippen molar-refractivity contribution in [1.29, 1.82) is 0 Å². The van der Waals surface area contributed by atoms with Gasteiger partial charge in [-0.2, -0.15) is 0 Å². The molecule has 0 aliphatic carbocycles. The van der Waals surface area contributed by atoms with Crippen molar-refractivity contribution in [1.82, 2.24) is 4.57 Å². The van der Waals surface area contributed by atoms with E-state index in [9.17, 15) is 9.59 Å². The lowest BCUT2D eigenvalue weighted by Gasteiger charge is -2.08. The molecule has 3 N–H and O–H groups in total. The molecule has 0 aliphatic rings. The molecule has 0 radical (unpaired) electrons. The Balaban J connectivity index is 2.91. The predicted octanol–water partition coefficient (Wildman–Crippen LogP) is 0.0227. The van der Waals surface area contributed by atoms with E-state index in [4.69, 9.17) is 10.8 Å². The maximum absolute atomic E-state index is 11.2. The molecule has 0 saturated heterocycles. The lowest BCUT2D eigenvalue weighted by atomic mass is 10.3. The summed E-state index contributed by atoms with van der Waals surface area (Å²) in [6.45, 7) is -0.0341. The Labute approximate surface area is 88.3 Å². The first-order chi connectivity index (χ1) is 6.50. The molecule has 0 spiro atoms. The summed E-state index contributed by atoms with van der Waals surface area (Å²) in [6, 6.07) is 1.87. The molecular formula is C8H9BrN2O3. The molecule has 1 aromatic rings. The number of hydrogen-bond donors (Lipinski definition) is 2. The SMILES string of the molecule is NC(Cn1cc(Br)ccc1=O)C(=O)O. The largest absolute Gasteiger partial charge is 0.480 e. The van der Waals surface area contributed by atoms with Crippen LogP contribution in [0.2, 0.25) is 0 Å². The summed E-state index contributed by atoms with van der Waals surface area (Å²) in [4.78, 5) is 21.7. The zero-order valence-corrected chi connectivity index (χ0v) is 8.77. The summed E-state index contributed by atoms with van der Waals surface area (Å²) < 4.78 is 1.96. The molecule has 6 heteroatoms. The van der Waals surface area contributed by atoms with Gasteiger partial charge in [0.15, 0.2) is 0 Å². The van der Waals surface area contributed by atoms with E-state index in [1.165, 1.54) is 16.8 Å². The molecule has 0 aromatic carbocycles. The van der Waals surface area contributed by atoms with Gasteiger partial charge >= 0.3 is 5.97 Å². The molecule has 1 aromatic heterocycles. The molecule has 1 rings (SSSR count). The molecule has 1 unspecified atom stereocenters. The van der Waals surface area contributed by atoms with E-state index in [1.54, 1.807) is 6.07 Å². The van der Waals surface area contributed by atoms with Crippen LogP contribution in [-0.4, -0.2) is 21.7 Å². The van der Waals surface area contributed by atoms with Crippen LogP contribution >= 0.6 is 15.9 Å². The smallest absolute Gasteiger partial charge is 0.322 e. The van der Waals surface area contributed by atoms with Crippen LogP contribution in [0, 0.1) is 0 Å². The molecule has 76 valence electrons. The first-order valence-electron chi connectivity index (χ1n) is 3.85. The summed E-state index contributed by atoms with van der Waals surface area (Å²) in [5.74, 6) is -1.13. The number of halogens is 1. The van der Waals surface area contributed by atoms with Gasteiger partial charge < -0.3 is 15.4 Å². The Hall–Kier alpha value is -1.14. The number of nitrogens with two attached hydrogens (primary N) is 1. The van der Waals surface area contributed by atoms with Crippen LogP contribution in [-0.2, 0) is 11.3 Å². The third-order valence-electron chi connectivity index (χ3n) is 1.66. The predicted molar refractivity (Wildman–Crippen MR) is 54.0 cm³/mol. The zero-order chi connectivity index (χ0) is 10.7. The standard InChI is InChI=1S/C8H9BrN2O3/c9-5-1-2-7(12)11(3-5)4-6(10)8(13)14/h1-3,6H,4,10H2,(H,13,14). The highest BCUT2D eigenvalue weighted by Gasteiger charge is 2.12. The highest BCUT2D eigenvalue weighted by atomic mass is 79.9. The number of aliphatic carboxylic acids is 1. The number of aromatic nitrogens is 1. The second-order valence-electron chi connectivity index (χ2n) is 2.78. The van der Waals surface area contributed by atoms with E-state index in [0.717, 1.165) is 0 Å². The molecular weight excluding hydrogens is 252 g/mol. The lowest BCUT2D eigenvalue weighted by Crippen LogP contribution is -2.37. The van der Waals surface area contributed by atoms with Gasteiger partial charge in [0.05, 0.1) is 6.54 Å². The summed E-state index contributed by atoms with van der Waals surface area (Å²) in [6.07, 6.45) is 1.51. The van der Waals surface area contributed by atoms with Crippen LogP contribution in [0.4, 0.5) is 0 Å². The van der Waals surface area contributed by atoms with Crippen molar-refractivity contribution >= 4 is 21.9 Å². The fraction of sp³-hybridized carbons (Fsp3) is 0.250. The zero-order valence-electron chi connectivity index (χ0n) is 7.18. The van der Waals surface area contributed by atoms with Crippen molar-refractivity contribution in [3.05, 3.63) is 33.2 Å². The second kappa shape index (κ2) is 4.39. The van der Waals surface area contributed by atoms with Gasteiger partial charge in [0.25, 0.3) is 5.56 Å². The maximum atomic E-state index is 11.2. The Bertz CT molecular complexity index is 402. The number of nitrogens with zero attached hydrogens (tertiary/aromatic N) is 1. The van der Waals surface area contributed by atoms with E-state index in [1.807, 2.05) is 0 Å². The number of carbonyl (C=O) groups is 1. The number of rotatable bonds is 3. The summed E-state index contributed by atoms with van der Waals surface area (Å²) in [5.41, 5.74) is 5.02.